The van der Waals surface area contributed by atoms with Crippen LogP contribution in [0.1, 0.15) is 10.4 Å². The van der Waals surface area contributed by atoms with Crippen LogP contribution in [0.5, 0.6) is 5.75 Å². The van der Waals surface area contributed by atoms with E-state index in [2.05, 4.69) is 5.32 Å². The first-order valence-corrected chi connectivity index (χ1v) is 9.38. The molecule has 0 unspecified atom stereocenters. The molecule has 0 heterocycles. The van der Waals surface area contributed by atoms with Gasteiger partial charge in [0.15, 0.2) is 18.1 Å². The second kappa shape index (κ2) is 8.85. The first-order valence-electron chi connectivity index (χ1n) is 7.87. The Morgan fingerprint density at radius 1 is 0.778 bits per heavy atom. The summed E-state index contributed by atoms with van der Waals surface area (Å²) in [5, 5.41) is 4.86. The van der Waals surface area contributed by atoms with Gasteiger partial charge in [0.2, 0.25) is 0 Å². The lowest BCUT2D eigenvalue weighted by Gasteiger charge is -2.11. The number of halogens is 4. The van der Waals surface area contributed by atoms with Gasteiger partial charge in [-0.05, 0) is 48.5 Å². The largest absolute Gasteiger partial charge is 0.482 e. The number of Topliss-reactive ketones (excluding diaryl/α,β-unsaturated/α-hetero) is 1. The predicted molar refractivity (Wildman–Crippen MR) is 112 cm³/mol. The van der Waals surface area contributed by atoms with Crippen LogP contribution < -0.4 is 10.1 Å². The molecule has 0 spiro atoms. The van der Waals surface area contributed by atoms with Crippen LogP contribution in [-0.2, 0) is 0 Å². The van der Waals surface area contributed by atoms with Crippen molar-refractivity contribution < 1.29 is 9.53 Å². The van der Waals surface area contributed by atoms with E-state index in [-0.39, 0.29) is 12.4 Å². The average molecular weight is 441 g/mol. The van der Waals surface area contributed by atoms with Crippen LogP contribution in [0.15, 0.2) is 60.7 Å². The Kier molecular flexibility index (Phi) is 6.51. The molecule has 1 N–H and O–H groups in total. The molecule has 138 valence electrons. The molecule has 0 aliphatic carbocycles. The SMILES string of the molecule is O=C(COc1c(Cl)cccc1Cl)c1ccc(Nc2c(Cl)cccc2Cl)cc1. The van der Waals surface area contributed by atoms with Crippen LogP contribution in [-0.4, -0.2) is 12.4 Å². The summed E-state index contributed by atoms with van der Waals surface area (Å²) in [6.07, 6.45) is 0. The highest BCUT2D eigenvalue weighted by molar-refractivity contribution is 6.39. The number of nitrogens with one attached hydrogen (secondary N) is 1. The summed E-state index contributed by atoms with van der Waals surface area (Å²) in [6.45, 7) is -0.174. The zero-order valence-electron chi connectivity index (χ0n) is 13.8. The molecule has 3 rings (SSSR count). The molecule has 0 radical (unpaired) electrons. The standard InChI is InChI=1S/C20H13Cl4NO2/c21-14-3-1-4-15(22)19(14)25-13-9-7-12(8-10-13)18(26)11-27-20-16(23)5-2-6-17(20)24/h1-10,25H,11H2. The van der Waals surface area contributed by atoms with Gasteiger partial charge < -0.3 is 10.1 Å². The molecule has 0 aromatic heterocycles. The molecule has 0 bridgehead atoms. The molecule has 3 aromatic rings. The van der Waals surface area contributed by atoms with Gasteiger partial charge >= 0.3 is 0 Å². The van der Waals surface area contributed by atoms with Crippen LogP contribution in [0, 0.1) is 0 Å². The van der Waals surface area contributed by atoms with Gasteiger partial charge in [0, 0.05) is 11.3 Å². The van der Waals surface area contributed by atoms with Gasteiger partial charge in [0.05, 0.1) is 25.8 Å². The Bertz CT molecular complexity index is 934. The molecule has 0 aliphatic rings. The second-order valence-electron chi connectivity index (χ2n) is 5.56. The normalized spacial score (nSPS) is 10.5. The van der Waals surface area contributed by atoms with Crippen molar-refractivity contribution in [3.05, 3.63) is 86.3 Å². The first kappa shape index (κ1) is 19.8. The van der Waals surface area contributed by atoms with Crippen molar-refractivity contribution in [2.75, 3.05) is 11.9 Å². The third-order valence-electron chi connectivity index (χ3n) is 3.71. The molecular weight excluding hydrogens is 428 g/mol. The zero-order chi connectivity index (χ0) is 19.4. The minimum atomic E-state index is -0.201. The van der Waals surface area contributed by atoms with Gasteiger partial charge in [-0.25, -0.2) is 0 Å². The van der Waals surface area contributed by atoms with Gasteiger partial charge in [-0.1, -0.05) is 58.5 Å². The van der Waals surface area contributed by atoms with E-state index in [1.54, 1.807) is 60.7 Å². The van der Waals surface area contributed by atoms with Crippen molar-refractivity contribution in [2.45, 2.75) is 0 Å². The fourth-order valence-corrected chi connectivity index (χ4v) is 3.34. The summed E-state index contributed by atoms with van der Waals surface area (Å²) in [6, 6.07) is 17.1. The van der Waals surface area contributed by atoms with Crippen LogP contribution >= 0.6 is 46.4 Å². The highest BCUT2D eigenvalue weighted by Crippen LogP contribution is 2.33. The minimum Gasteiger partial charge on any atom is -0.482 e. The quantitative estimate of drug-likeness (QED) is 0.408. The molecule has 0 atom stereocenters. The van der Waals surface area contributed by atoms with E-state index < -0.39 is 0 Å². The Hall–Kier alpha value is -1.91. The van der Waals surface area contributed by atoms with E-state index in [1.807, 2.05) is 0 Å². The van der Waals surface area contributed by atoms with E-state index in [1.165, 1.54) is 0 Å². The highest BCUT2D eigenvalue weighted by Gasteiger charge is 2.12. The van der Waals surface area contributed by atoms with Crippen molar-refractivity contribution >= 4 is 63.6 Å². The minimum absolute atomic E-state index is 0.174. The maximum Gasteiger partial charge on any atom is 0.200 e. The summed E-state index contributed by atoms with van der Waals surface area (Å²) < 4.78 is 5.48. The highest BCUT2D eigenvalue weighted by atomic mass is 35.5. The number of benzene rings is 3. The number of hydrogen-bond donors (Lipinski definition) is 1. The van der Waals surface area contributed by atoms with Crippen LogP contribution in [0.4, 0.5) is 11.4 Å². The van der Waals surface area contributed by atoms with Crippen molar-refractivity contribution in [1.29, 1.82) is 0 Å². The van der Waals surface area contributed by atoms with E-state index in [4.69, 9.17) is 51.1 Å². The third kappa shape index (κ3) is 4.88. The second-order valence-corrected chi connectivity index (χ2v) is 7.19. The van der Waals surface area contributed by atoms with Crippen LogP contribution in [0.3, 0.4) is 0 Å². The smallest absolute Gasteiger partial charge is 0.200 e. The van der Waals surface area contributed by atoms with E-state index in [9.17, 15) is 4.79 Å². The zero-order valence-corrected chi connectivity index (χ0v) is 16.8. The summed E-state index contributed by atoms with van der Waals surface area (Å²) in [5.41, 5.74) is 1.85. The Morgan fingerprint density at radius 2 is 1.30 bits per heavy atom. The molecule has 0 fully saturated rings. The van der Waals surface area contributed by atoms with Gasteiger partial charge in [-0.2, -0.15) is 0 Å². The van der Waals surface area contributed by atoms with Gasteiger partial charge in [0.25, 0.3) is 0 Å². The Morgan fingerprint density at radius 3 is 1.85 bits per heavy atom. The van der Waals surface area contributed by atoms with Gasteiger partial charge in [0.1, 0.15) is 0 Å². The maximum atomic E-state index is 12.3. The molecule has 7 heteroatoms. The third-order valence-corrected chi connectivity index (χ3v) is 4.93. The van der Waals surface area contributed by atoms with Crippen molar-refractivity contribution in [3.63, 3.8) is 0 Å². The number of ketones is 1. The lowest BCUT2D eigenvalue weighted by atomic mass is 10.1. The average Bonchev–Trinajstić information content (AvgIpc) is 2.65. The van der Waals surface area contributed by atoms with Gasteiger partial charge in [-0.3, -0.25) is 4.79 Å². The van der Waals surface area contributed by atoms with Gasteiger partial charge in [-0.15, -0.1) is 0 Å². The fourth-order valence-electron chi connectivity index (χ4n) is 2.34. The molecule has 0 saturated carbocycles. The molecular formula is C20H13Cl4NO2. The number of ether oxygens (including phenoxy) is 1. The van der Waals surface area contributed by atoms with E-state index in [0.717, 1.165) is 5.69 Å². The summed E-state index contributed by atoms with van der Waals surface area (Å²) in [4.78, 5) is 12.3. The number of hydrogen-bond acceptors (Lipinski definition) is 3. The topological polar surface area (TPSA) is 38.3 Å². The van der Waals surface area contributed by atoms with Crippen LogP contribution in [0.25, 0.3) is 0 Å². The maximum absolute atomic E-state index is 12.3. The molecule has 0 saturated heterocycles. The summed E-state index contributed by atoms with van der Waals surface area (Å²) in [7, 11) is 0. The molecule has 3 nitrogen and oxygen atoms in total. The van der Waals surface area contributed by atoms with Crippen LogP contribution in [0.2, 0.25) is 20.1 Å². The van der Waals surface area contributed by atoms with E-state index in [0.29, 0.717) is 37.1 Å². The number of para-hydroxylation sites is 2. The molecule has 27 heavy (non-hydrogen) atoms. The summed E-state index contributed by atoms with van der Waals surface area (Å²) in [5.74, 6) is 0.0918. The first-order chi connectivity index (χ1) is 13.0. The van der Waals surface area contributed by atoms with Crippen molar-refractivity contribution in [3.8, 4) is 5.75 Å². The molecule has 3 aromatic carbocycles. The number of anilines is 2. The predicted octanol–water partition coefficient (Wildman–Crippen LogP) is 7.31. The molecule has 0 amide bonds. The Balaban J connectivity index is 1.67. The van der Waals surface area contributed by atoms with Crippen molar-refractivity contribution in [1.82, 2.24) is 0 Å². The molecule has 0 aliphatic heterocycles. The summed E-state index contributed by atoms with van der Waals surface area (Å²) >= 11 is 24.4. The number of carbonyl (C=O) groups excluding carboxylic acids is 1. The lowest BCUT2D eigenvalue weighted by molar-refractivity contribution is 0.0922. The number of carbonyl (C=O) groups is 1. The fraction of sp³-hybridized carbons (Fsp3) is 0.0500. The number of rotatable bonds is 6. The van der Waals surface area contributed by atoms with E-state index >= 15 is 0 Å². The monoisotopic (exact) mass is 439 g/mol. The van der Waals surface area contributed by atoms with Crippen molar-refractivity contribution in [2.24, 2.45) is 0 Å². The Labute approximate surface area is 176 Å². The lowest BCUT2D eigenvalue weighted by Crippen LogP contribution is -2.12.